The van der Waals surface area contributed by atoms with Crippen LogP contribution in [0.1, 0.15) is 45.6 Å². The molecule has 3 unspecified atom stereocenters. The Morgan fingerprint density at radius 1 is 1.29 bits per heavy atom. The second kappa shape index (κ2) is 4.22. The number of aromatic nitrogens is 1. The second-order valence-electron chi connectivity index (χ2n) is 7.98. The van der Waals surface area contributed by atoms with E-state index >= 15 is 0 Å². The lowest BCUT2D eigenvalue weighted by atomic mass is 9.68. The van der Waals surface area contributed by atoms with E-state index in [9.17, 15) is 0 Å². The van der Waals surface area contributed by atoms with Gasteiger partial charge in [-0.05, 0) is 60.6 Å². The molecule has 0 radical (unpaired) electrons. The zero-order valence-electron chi connectivity index (χ0n) is 13.4. The number of anilines is 1. The maximum atomic E-state index is 4.82. The highest BCUT2D eigenvalue weighted by Crippen LogP contribution is 2.63. The molecule has 2 fully saturated rings. The van der Waals surface area contributed by atoms with Gasteiger partial charge >= 0.3 is 0 Å². The van der Waals surface area contributed by atoms with Crippen molar-refractivity contribution in [1.82, 2.24) is 4.98 Å². The van der Waals surface area contributed by atoms with Gasteiger partial charge < -0.3 is 5.32 Å². The molecule has 0 amide bonds. The SMILES string of the molecule is Cc1ccc2sc(NC3C4(C)CCC(C4)C3(C)C)nc2c1. The standard InChI is InChI=1S/C18H24N2S/c1-11-5-6-14-13(9-11)19-16(21-14)20-15-17(2,3)12-7-8-18(15,4)10-12/h5-6,9,12,15H,7-8,10H2,1-4H3,(H,19,20). The zero-order chi connectivity index (χ0) is 14.8. The lowest BCUT2D eigenvalue weighted by Crippen LogP contribution is -2.45. The first-order valence-electron chi connectivity index (χ1n) is 8.02. The van der Waals surface area contributed by atoms with E-state index in [1.54, 1.807) is 11.3 Å². The maximum absolute atomic E-state index is 4.82. The van der Waals surface area contributed by atoms with Gasteiger partial charge in [-0.3, -0.25) is 0 Å². The fraction of sp³-hybridized carbons (Fsp3) is 0.611. The highest BCUT2D eigenvalue weighted by Gasteiger charge is 2.59. The molecular weight excluding hydrogens is 276 g/mol. The van der Waals surface area contributed by atoms with E-state index in [-0.39, 0.29) is 0 Å². The van der Waals surface area contributed by atoms with Gasteiger partial charge in [0.05, 0.1) is 10.2 Å². The van der Waals surface area contributed by atoms with Crippen LogP contribution < -0.4 is 5.32 Å². The van der Waals surface area contributed by atoms with Crippen LogP contribution in [0.25, 0.3) is 10.2 Å². The molecule has 0 saturated heterocycles. The minimum Gasteiger partial charge on any atom is -0.358 e. The van der Waals surface area contributed by atoms with E-state index < -0.39 is 0 Å². The third-order valence-electron chi connectivity index (χ3n) is 6.08. The van der Waals surface area contributed by atoms with E-state index in [4.69, 9.17) is 4.98 Å². The summed E-state index contributed by atoms with van der Waals surface area (Å²) >= 11 is 1.80. The summed E-state index contributed by atoms with van der Waals surface area (Å²) in [6, 6.07) is 7.10. The molecule has 3 heteroatoms. The first kappa shape index (κ1) is 13.6. The summed E-state index contributed by atoms with van der Waals surface area (Å²) < 4.78 is 1.29. The highest BCUT2D eigenvalue weighted by atomic mass is 32.1. The fourth-order valence-corrected chi connectivity index (χ4v) is 5.76. The van der Waals surface area contributed by atoms with Crippen LogP contribution >= 0.6 is 11.3 Å². The summed E-state index contributed by atoms with van der Waals surface area (Å²) in [6.07, 6.45) is 4.14. The number of nitrogens with one attached hydrogen (secondary N) is 1. The number of hydrogen-bond acceptors (Lipinski definition) is 3. The van der Waals surface area contributed by atoms with Crippen molar-refractivity contribution >= 4 is 26.7 Å². The Bertz CT molecular complexity index is 698. The van der Waals surface area contributed by atoms with Crippen LogP contribution in [-0.2, 0) is 0 Å². The van der Waals surface area contributed by atoms with Gasteiger partial charge in [0.1, 0.15) is 0 Å². The third-order valence-corrected chi connectivity index (χ3v) is 7.05. The van der Waals surface area contributed by atoms with Gasteiger partial charge in [0.2, 0.25) is 0 Å². The lowest BCUT2D eigenvalue weighted by molar-refractivity contribution is 0.155. The minimum atomic E-state index is 0.376. The summed E-state index contributed by atoms with van der Waals surface area (Å²) in [6.45, 7) is 9.48. The van der Waals surface area contributed by atoms with E-state index in [0.29, 0.717) is 16.9 Å². The van der Waals surface area contributed by atoms with E-state index in [1.807, 2.05) is 0 Å². The van der Waals surface area contributed by atoms with E-state index in [2.05, 4.69) is 51.2 Å². The van der Waals surface area contributed by atoms with Gasteiger partial charge in [-0.1, -0.05) is 38.2 Å². The lowest BCUT2D eigenvalue weighted by Gasteiger charge is -2.43. The Morgan fingerprint density at radius 3 is 2.81 bits per heavy atom. The number of fused-ring (bicyclic) bond motifs is 3. The maximum Gasteiger partial charge on any atom is 0.184 e. The number of thiazole rings is 1. The van der Waals surface area contributed by atoms with Crippen LogP contribution in [0.3, 0.4) is 0 Å². The van der Waals surface area contributed by atoms with Crippen molar-refractivity contribution in [3.63, 3.8) is 0 Å². The van der Waals surface area contributed by atoms with Gasteiger partial charge in [0, 0.05) is 6.04 Å². The van der Waals surface area contributed by atoms with Crippen LogP contribution in [-0.4, -0.2) is 11.0 Å². The zero-order valence-corrected chi connectivity index (χ0v) is 14.2. The van der Waals surface area contributed by atoms with Crippen molar-refractivity contribution in [1.29, 1.82) is 0 Å². The van der Waals surface area contributed by atoms with Crippen molar-refractivity contribution in [2.75, 3.05) is 5.32 Å². The molecular formula is C18H24N2S. The first-order chi connectivity index (χ1) is 9.88. The Kier molecular flexibility index (Phi) is 2.73. The molecule has 2 saturated carbocycles. The van der Waals surface area contributed by atoms with Crippen LogP contribution in [0, 0.1) is 23.7 Å². The molecule has 1 aromatic heterocycles. The molecule has 0 aliphatic heterocycles. The minimum absolute atomic E-state index is 0.376. The molecule has 21 heavy (non-hydrogen) atoms. The van der Waals surface area contributed by atoms with Crippen molar-refractivity contribution < 1.29 is 0 Å². The molecule has 1 heterocycles. The van der Waals surface area contributed by atoms with Crippen molar-refractivity contribution in [2.45, 2.75) is 53.0 Å². The second-order valence-corrected chi connectivity index (χ2v) is 9.01. The monoisotopic (exact) mass is 300 g/mol. The molecule has 1 N–H and O–H groups in total. The molecule has 2 nitrogen and oxygen atoms in total. The average molecular weight is 300 g/mol. The molecule has 2 bridgehead atoms. The molecule has 1 aromatic carbocycles. The first-order valence-corrected chi connectivity index (χ1v) is 8.84. The van der Waals surface area contributed by atoms with Crippen molar-refractivity contribution in [3.8, 4) is 0 Å². The van der Waals surface area contributed by atoms with Gasteiger partial charge in [0.25, 0.3) is 0 Å². The van der Waals surface area contributed by atoms with Gasteiger partial charge in [-0.15, -0.1) is 0 Å². The summed E-state index contributed by atoms with van der Waals surface area (Å²) in [5, 5.41) is 4.92. The summed E-state index contributed by atoms with van der Waals surface area (Å²) in [5.41, 5.74) is 3.24. The highest BCUT2D eigenvalue weighted by molar-refractivity contribution is 7.22. The van der Waals surface area contributed by atoms with Gasteiger partial charge in [-0.2, -0.15) is 0 Å². The molecule has 2 aliphatic rings. The molecule has 0 spiro atoms. The Hall–Kier alpha value is -1.09. The largest absolute Gasteiger partial charge is 0.358 e. The number of benzene rings is 1. The quantitative estimate of drug-likeness (QED) is 0.821. The molecule has 2 aliphatic carbocycles. The Labute approximate surface area is 131 Å². The molecule has 4 rings (SSSR count). The third kappa shape index (κ3) is 1.93. The van der Waals surface area contributed by atoms with Gasteiger partial charge in [-0.25, -0.2) is 4.98 Å². The smallest absolute Gasteiger partial charge is 0.184 e. The summed E-state index contributed by atoms with van der Waals surface area (Å²) in [7, 11) is 0. The van der Waals surface area contributed by atoms with Crippen LogP contribution in [0.4, 0.5) is 5.13 Å². The Morgan fingerprint density at radius 2 is 2.10 bits per heavy atom. The number of rotatable bonds is 2. The summed E-state index contributed by atoms with van der Waals surface area (Å²) in [5.74, 6) is 0.872. The van der Waals surface area contributed by atoms with Crippen molar-refractivity contribution in [3.05, 3.63) is 23.8 Å². The van der Waals surface area contributed by atoms with Crippen LogP contribution in [0.15, 0.2) is 18.2 Å². The molecule has 112 valence electrons. The number of hydrogen-bond donors (Lipinski definition) is 1. The average Bonchev–Trinajstić information content (AvgIpc) is 3.03. The molecule has 3 atom stereocenters. The van der Waals surface area contributed by atoms with E-state index in [0.717, 1.165) is 16.6 Å². The van der Waals surface area contributed by atoms with Crippen LogP contribution in [0.5, 0.6) is 0 Å². The number of nitrogens with zero attached hydrogens (tertiary/aromatic N) is 1. The normalized spacial score (nSPS) is 33.7. The van der Waals surface area contributed by atoms with Crippen molar-refractivity contribution in [2.24, 2.45) is 16.7 Å². The summed E-state index contributed by atoms with van der Waals surface area (Å²) in [4.78, 5) is 4.82. The fourth-order valence-electron chi connectivity index (χ4n) is 4.88. The predicted molar refractivity (Wildman–Crippen MR) is 91.0 cm³/mol. The predicted octanol–water partition coefficient (Wildman–Crippen LogP) is 5.23. The van der Waals surface area contributed by atoms with Crippen LogP contribution in [0.2, 0.25) is 0 Å². The van der Waals surface area contributed by atoms with Gasteiger partial charge in [0.15, 0.2) is 5.13 Å². The topological polar surface area (TPSA) is 24.9 Å². The Balaban J connectivity index is 1.68. The van der Waals surface area contributed by atoms with E-state index in [1.165, 1.54) is 29.5 Å². The number of aryl methyl sites for hydroxylation is 1. The molecule has 2 aromatic rings.